The van der Waals surface area contributed by atoms with Gasteiger partial charge >= 0.3 is 0 Å². The highest BCUT2D eigenvalue weighted by atomic mass is 127. The van der Waals surface area contributed by atoms with Crippen molar-refractivity contribution in [3.63, 3.8) is 0 Å². The van der Waals surface area contributed by atoms with Crippen molar-refractivity contribution in [3.05, 3.63) is 22.3 Å². The lowest BCUT2D eigenvalue weighted by molar-refractivity contribution is -0.144. The van der Waals surface area contributed by atoms with Crippen molar-refractivity contribution in [2.75, 3.05) is 19.5 Å². The molecule has 0 aromatic rings. The third kappa shape index (κ3) is 11.3. The summed E-state index contributed by atoms with van der Waals surface area (Å²) in [7, 11) is -3.52. The van der Waals surface area contributed by atoms with Crippen molar-refractivity contribution >= 4 is 32.7 Å². The zero-order chi connectivity index (χ0) is 22.0. The highest BCUT2D eigenvalue weighted by Gasteiger charge is 2.30. The summed E-state index contributed by atoms with van der Waals surface area (Å²) in [6.07, 6.45) is 4.87. The first-order valence-electron chi connectivity index (χ1n) is 10.3. The van der Waals surface area contributed by atoms with Gasteiger partial charge in [-0.25, -0.2) is 0 Å². The maximum Gasteiger partial charge on any atom is 0.264 e. The SMILES string of the molecule is C=C1C[C@H](CCC(OCC)OCC)O[C@H]1CC[C@H](C[C@H](C)C(=C)I)OS(C)(=O)=O. The molecule has 1 aliphatic heterocycles. The van der Waals surface area contributed by atoms with E-state index in [1.807, 2.05) is 20.8 Å². The first-order chi connectivity index (χ1) is 13.6. The summed E-state index contributed by atoms with van der Waals surface area (Å²) in [5.74, 6) is 0.178. The molecule has 1 fully saturated rings. The van der Waals surface area contributed by atoms with E-state index >= 15 is 0 Å². The molecule has 1 aliphatic rings. The molecule has 29 heavy (non-hydrogen) atoms. The summed E-state index contributed by atoms with van der Waals surface area (Å²) in [4.78, 5) is 0. The molecule has 0 bridgehead atoms. The van der Waals surface area contributed by atoms with Crippen molar-refractivity contribution < 1.29 is 26.8 Å². The Labute approximate surface area is 190 Å². The Hall–Kier alpha value is -0.0000000000000000555. The monoisotopic (exact) mass is 544 g/mol. The molecule has 170 valence electrons. The lowest BCUT2D eigenvalue weighted by atomic mass is 9.97. The van der Waals surface area contributed by atoms with Crippen LogP contribution in [0.15, 0.2) is 22.3 Å². The summed E-state index contributed by atoms with van der Waals surface area (Å²) in [6, 6.07) is 0. The first kappa shape index (κ1) is 27.0. The third-order valence-electron chi connectivity index (χ3n) is 4.94. The van der Waals surface area contributed by atoms with Crippen LogP contribution in [-0.2, 0) is 28.5 Å². The van der Waals surface area contributed by atoms with Crippen molar-refractivity contribution in [2.24, 2.45) is 5.92 Å². The minimum Gasteiger partial charge on any atom is -0.370 e. The van der Waals surface area contributed by atoms with Gasteiger partial charge in [0.2, 0.25) is 0 Å². The Morgan fingerprint density at radius 3 is 2.38 bits per heavy atom. The van der Waals surface area contributed by atoms with Crippen LogP contribution in [0.1, 0.15) is 59.3 Å². The molecule has 1 heterocycles. The number of hydrogen-bond acceptors (Lipinski definition) is 6. The molecule has 1 saturated heterocycles. The minimum atomic E-state index is -3.52. The highest BCUT2D eigenvalue weighted by Crippen LogP contribution is 2.32. The molecule has 0 saturated carbocycles. The molecule has 0 aliphatic carbocycles. The third-order valence-corrected chi connectivity index (χ3v) is 6.63. The summed E-state index contributed by atoms with van der Waals surface area (Å²) in [6.45, 7) is 15.3. The maximum absolute atomic E-state index is 11.6. The molecule has 8 heteroatoms. The molecule has 0 unspecified atom stereocenters. The second kappa shape index (κ2) is 13.4. The second-order valence-corrected chi connectivity index (χ2v) is 10.6. The molecule has 0 N–H and O–H groups in total. The first-order valence-corrected chi connectivity index (χ1v) is 13.2. The van der Waals surface area contributed by atoms with E-state index in [-0.39, 0.29) is 30.5 Å². The van der Waals surface area contributed by atoms with Gasteiger partial charge in [-0.2, -0.15) is 8.42 Å². The van der Waals surface area contributed by atoms with Gasteiger partial charge < -0.3 is 14.2 Å². The Bertz CT molecular complexity index is 615. The van der Waals surface area contributed by atoms with Gasteiger partial charge in [-0.1, -0.05) is 20.1 Å². The van der Waals surface area contributed by atoms with Crippen molar-refractivity contribution in [1.82, 2.24) is 0 Å². The largest absolute Gasteiger partial charge is 0.370 e. The predicted octanol–water partition coefficient (Wildman–Crippen LogP) is 4.98. The van der Waals surface area contributed by atoms with Gasteiger partial charge in [-0.3, -0.25) is 4.18 Å². The van der Waals surface area contributed by atoms with Crippen molar-refractivity contribution in [3.8, 4) is 0 Å². The Kier molecular flexibility index (Phi) is 12.5. The van der Waals surface area contributed by atoms with Crippen molar-refractivity contribution in [1.29, 1.82) is 0 Å². The van der Waals surface area contributed by atoms with Gasteiger partial charge in [0, 0.05) is 19.6 Å². The molecule has 0 radical (unpaired) electrons. The van der Waals surface area contributed by atoms with Gasteiger partial charge in [0.25, 0.3) is 10.1 Å². The molecule has 0 aromatic carbocycles. The number of ether oxygens (including phenoxy) is 3. The van der Waals surface area contributed by atoms with Gasteiger partial charge in [-0.15, -0.1) is 0 Å². The van der Waals surface area contributed by atoms with Crippen LogP contribution in [0.5, 0.6) is 0 Å². The fraction of sp³-hybridized carbons (Fsp3) is 0.810. The molecule has 4 atom stereocenters. The Balaban J connectivity index is 2.55. The fourth-order valence-corrected chi connectivity index (χ4v) is 4.39. The molecule has 0 spiro atoms. The topological polar surface area (TPSA) is 71.1 Å². The average molecular weight is 544 g/mol. The van der Waals surface area contributed by atoms with Crippen LogP contribution in [0.4, 0.5) is 0 Å². The molecule has 6 nitrogen and oxygen atoms in total. The highest BCUT2D eigenvalue weighted by molar-refractivity contribution is 14.1. The van der Waals surface area contributed by atoms with E-state index in [1.165, 1.54) is 0 Å². The van der Waals surface area contributed by atoms with E-state index in [4.69, 9.17) is 18.4 Å². The van der Waals surface area contributed by atoms with E-state index in [1.54, 1.807) is 0 Å². The second-order valence-electron chi connectivity index (χ2n) is 7.61. The Morgan fingerprint density at radius 1 is 1.24 bits per heavy atom. The lowest BCUT2D eigenvalue weighted by Gasteiger charge is -2.22. The molecule has 0 aromatic heterocycles. The minimum absolute atomic E-state index is 0.0681. The van der Waals surface area contributed by atoms with Crippen LogP contribution in [-0.4, -0.2) is 52.5 Å². The van der Waals surface area contributed by atoms with E-state index in [9.17, 15) is 8.42 Å². The zero-order valence-corrected chi connectivity index (χ0v) is 21.2. The Morgan fingerprint density at radius 2 is 1.86 bits per heavy atom. The maximum atomic E-state index is 11.6. The van der Waals surface area contributed by atoms with Gasteiger partial charge in [0.05, 0.1) is 24.6 Å². The van der Waals surface area contributed by atoms with Crippen LogP contribution in [0.3, 0.4) is 0 Å². The van der Waals surface area contributed by atoms with E-state index in [0.717, 1.165) is 34.7 Å². The lowest BCUT2D eigenvalue weighted by Crippen LogP contribution is -2.23. The number of halogens is 1. The number of rotatable bonds is 15. The van der Waals surface area contributed by atoms with Crippen LogP contribution < -0.4 is 0 Å². The summed E-state index contributed by atoms with van der Waals surface area (Å²) in [5.41, 5.74) is 1.06. The predicted molar refractivity (Wildman–Crippen MR) is 125 cm³/mol. The quantitative estimate of drug-likeness (QED) is 0.125. The molecule has 1 rings (SSSR count). The van der Waals surface area contributed by atoms with Gasteiger partial charge in [0.15, 0.2) is 6.29 Å². The van der Waals surface area contributed by atoms with Crippen LogP contribution in [0.25, 0.3) is 0 Å². The van der Waals surface area contributed by atoms with Gasteiger partial charge in [0.1, 0.15) is 0 Å². The van der Waals surface area contributed by atoms with Gasteiger partial charge in [-0.05, 0) is 83.6 Å². The van der Waals surface area contributed by atoms with E-state index in [0.29, 0.717) is 32.5 Å². The zero-order valence-electron chi connectivity index (χ0n) is 18.2. The van der Waals surface area contributed by atoms with E-state index < -0.39 is 10.1 Å². The smallest absolute Gasteiger partial charge is 0.264 e. The average Bonchev–Trinajstić information content (AvgIpc) is 2.96. The van der Waals surface area contributed by atoms with Crippen LogP contribution >= 0.6 is 22.6 Å². The summed E-state index contributed by atoms with van der Waals surface area (Å²) < 4.78 is 47.0. The molecular weight excluding hydrogens is 507 g/mol. The fourth-order valence-electron chi connectivity index (χ4n) is 3.46. The van der Waals surface area contributed by atoms with Crippen LogP contribution in [0, 0.1) is 5.92 Å². The summed E-state index contributed by atoms with van der Waals surface area (Å²) in [5, 5.41) is 0. The number of allylic oxidation sites excluding steroid dienone is 1. The molecular formula is C21H37IO6S. The van der Waals surface area contributed by atoms with Crippen molar-refractivity contribution in [2.45, 2.75) is 83.9 Å². The normalized spacial score (nSPS) is 22.2. The number of hydrogen-bond donors (Lipinski definition) is 0. The molecule has 0 amide bonds. The standard InChI is InChI=1S/C21H37IO6S/c1-7-25-21(26-8-2)12-10-18-14-16(4)20(27-18)11-9-19(28-29(6,23)24)13-15(3)17(5)22/h15,18-21H,4-5,7-14H2,1-3,6H3/t15-,18-,19+,20-/m0/s1. The van der Waals surface area contributed by atoms with E-state index in [2.05, 4.69) is 35.7 Å². The van der Waals surface area contributed by atoms with Crippen LogP contribution in [0.2, 0.25) is 0 Å². The summed E-state index contributed by atoms with van der Waals surface area (Å²) >= 11 is 2.18.